The number of carbonyl (C=O) groups is 1. The number of carbonyl (C=O) groups excluding carboxylic acids is 1. The summed E-state index contributed by atoms with van der Waals surface area (Å²) in [5.74, 6) is 1.41. The van der Waals surface area contributed by atoms with Gasteiger partial charge in [0.15, 0.2) is 0 Å². The average molecular weight is 247 g/mol. The minimum atomic E-state index is 0. The SMILES string of the molecule is CCC1CCCN(C(=O)[C@H]2CCNC2)C1.Cl. The molecular formula is C12H23ClN2O. The van der Waals surface area contributed by atoms with Crippen molar-refractivity contribution in [3.63, 3.8) is 0 Å². The lowest BCUT2D eigenvalue weighted by molar-refractivity contribution is -0.136. The Morgan fingerprint density at radius 3 is 2.88 bits per heavy atom. The molecule has 3 nitrogen and oxygen atoms in total. The van der Waals surface area contributed by atoms with Gasteiger partial charge in [0.1, 0.15) is 0 Å². The molecule has 2 rings (SSSR count). The highest BCUT2D eigenvalue weighted by molar-refractivity contribution is 5.85. The Morgan fingerprint density at radius 1 is 1.44 bits per heavy atom. The van der Waals surface area contributed by atoms with Crippen LogP contribution in [-0.4, -0.2) is 37.0 Å². The molecule has 1 unspecified atom stereocenters. The average Bonchev–Trinajstić information content (AvgIpc) is 2.81. The fourth-order valence-electron chi connectivity index (χ4n) is 2.72. The lowest BCUT2D eigenvalue weighted by atomic mass is 9.94. The lowest BCUT2D eigenvalue weighted by Gasteiger charge is -2.33. The molecule has 2 fully saturated rings. The Hall–Kier alpha value is -0.280. The highest BCUT2D eigenvalue weighted by Gasteiger charge is 2.29. The zero-order chi connectivity index (χ0) is 10.7. The van der Waals surface area contributed by atoms with Crippen LogP contribution >= 0.6 is 12.4 Å². The van der Waals surface area contributed by atoms with Gasteiger partial charge in [-0.05, 0) is 31.7 Å². The van der Waals surface area contributed by atoms with Crippen molar-refractivity contribution in [1.29, 1.82) is 0 Å². The molecule has 0 aromatic carbocycles. The van der Waals surface area contributed by atoms with Crippen molar-refractivity contribution in [2.45, 2.75) is 32.6 Å². The van der Waals surface area contributed by atoms with Gasteiger partial charge in [0.05, 0.1) is 5.92 Å². The topological polar surface area (TPSA) is 32.3 Å². The third-order valence-electron chi connectivity index (χ3n) is 3.82. The number of nitrogens with zero attached hydrogens (tertiary/aromatic N) is 1. The van der Waals surface area contributed by atoms with E-state index in [1.54, 1.807) is 0 Å². The standard InChI is InChI=1S/C12H22N2O.ClH/c1-2-10-4-3-7-14(9-10)12(15)11-5-6-13-8-11;/h10-11,13H,2-9H2,1H3;1H/t10?,11-;/m0./s1. The minimum Gasteiger partial charge on any atom is -0.342 e. The summed E-state index contributed by atoms with van der Waals surface area (Å²) in [6.45, 7) is 6.14. The van der Waals surface area contributed by atoms with Crippen LogP contribution in [0.25, 0.3) is 0 Å². The summed E-state index contributed by atoms with van der Waals surface area (Å²) in [6.07, 6.45) is 4.76. The van der Waals surface area contributed by atoms with Crippen molar-refractivity contribution < 1.29 is 4.79 Å². The van der Waals surface area contributed by atoms with E-state index < -0.39 is 0 Å². The van der Waals surface area contributed by atoms with Crippen molar-refractivity contribution in [2.24, 2.45) is 11.8 Å². The maximum absolute atomic E-state index is 12.1. The van der Waals surface area contributed by atoms with Crippen LogP contribution in [0.15, 0.2) is 0 Å². The van der Waals surface area contributed by atoms with Crippen molar-refractivity contribution in [2.75, 3.05) is 26.2 Å². The van der Waals surface area contributed by atoms with Crippen LogP contribution in [0.3, 0.4) is 0 Å². The largest absolute Gasteiger partial charge is 0.342 e. The second-order valence-electron chi connectivity index (χ2n) is 4.89. The van der Waals surface area contributed by atoms with Gasteiger partial charge in [-0.3, -0.25) is 4.79 Å². The maximum Gasteiger partial charge on any atom is 0.227 e. The van der Waals surface area contributed by atoms with Crippen LogP contribution in [0.2, 0.25) is 0 Å². The number of hydrogen-bond acceptors (Lipinski definition) is 2. The number of piperidine rings is 1. The zero-order valence-electron chi connectivity index (χ0n) is 10.1. The molecule has 0 aliphatic carbocycles. The lowest BCUT2D eigenvalue weighted by Crippen LogP contribution is -2.43. The molecule has 4 heteroatoms. The first kappa shape index (κ1) is 13.8. The summed E-state index contributed by atoms with van der Waals surface area (Å²) in [5, 5.41) is 3.27. The van der Waals surface area contributed by atoms with Crippen molar-refractivity contribution in [3.8, 4) is 0 Å². The van der Waals surface area contributed by atoms with Crippen molar-refractivity contribution >= 4 is 18.3 Å². The molecule has 2 aliphatic heterocycles. The smallest absolute Gasteiger partial charge is 0.227 e. The Labute approximate surface area is 104 Å². The molecule has 2 saturated heterocycles. The van der Waals surface area contributed by atoms with Crippen molar-refractivity contribution in [1.82, 2.24) is 10.2 Å². The Kier molecular flexibility index (Phi) is 5.56. The number of halogens is 1. The minimum absolute atomic E-state index is 0. The molecule has 2 aliphatic rings. The van der Waals surface area contributed by atoms with E-state index in [4.69, 9.17) is 0 Å². The van der Waals surface area contributed by atoms with Gasteiger partial charge in [-0.1, -0.05) is 13.3 Å². The van der Waals surface area contributed by atoms with E-state index >= 15 is 0 Å². The van der Waals surface area contributed by atoms with E-state index in [-0.39, 0.29) is 18.3 Å². The van der Waals surface area contributed by atoms with E-state index in [9.17, 15) is 4.79 Å². The molecule has 1 amide bonds. The second kappa shape index (κ2) is 6.45. The molecule has 2 heterocycles. The van der Waals surface area contributed by atoms with Gasteiger partial charge >= 0.3 is 0 Å². The molecule has 16 heavy (non-hydrogen) atoms. The summed E-state index contributed by atoms with van der Waals surface area (Å²) in [5.41, 5.74) is 0. The molecule has 94 valence electrons. The van der Waals surface area contributed by atoms with Gasteiger partial charge < -0.3 is 10.2 Å². The molecule has 1 N–H and O–H groups in total. The van der Waals surface area contributed by atoms with Crippen LogP contribution in [-0.2, 0) is 4.79 Å². The number of rotatable bonds is 2. The molecule has 0 radical (unpaired) electrons. The quantitative estimate of drug-likeness (QED) is 0.804. The zero-order valence-corrected chi connectivity index (χ0v) is 10.9. The Bertz CT molecular complexity index is 229. The monoisotopic (exact) mass is 246 g/mol. The van der Waals surface area contributed by atoms with E-state index in [1.807, 2.05) is 0 Å². The van der Waals surface area contributed by atoms with Crippen molar-refractivity contribution in [3.05, 3.63) is 0 Å². The van der Waals surface area contributed by atoms with Gasteiger partial charge in [0.25, 0.3) is 0 Å². The Balaban J connectivity index is 0.00000128. The summed E-state index contributed by atoms with van der Waals surface area (Å²) >= 11 is 0. The number of hydrogen-bond donors (Lipinski definition) is 1. The summed E-state index contributed by atoms with van der Waals surface area (Å²) in [7, 11) is 0. The molecule has 0 spiro atoms. The summed E-state index contributed by atoms with van der Waals surface area (Å²) < 4.78 is 0. The highest BCUT2D eigenvalue weighted by Crippen LogP contribution is 2.22. The molecular weight excluding hydrogens is 224 g/mol. The highest BCUT2D eigenvalue weighted by atomic mass is 35.5. The number of likely N-dealkylation sites (tertiary alicyclic amines) is 1. The van der Waals surface area contributed by atoms with Gasteiger partial charge in [-0.15, -0.1) is 12.4 Å². The van der Waals surface area contributed by atoms with Crippen LogP contribution in [0, 0.1) is 11.8 Å². The van der Waals surface area contributed by atoms with Gasteiger partial charge in [-0.2, -0.15) is 0 Å². The van der Waals surface area contributed by atoms with Gasteiger partial charge in [-0.25, -0.2) is 0 Å². The first-order valence-electron chi connectivity index (χ1n) is 6.30. The van der Waals surface area contributed by atoms with E-state index in [2.05, 4.69) is 17.1 Å². The van der Waals surface area contributed by atoms with Crippen LogP contribution in [0.1, 0.15) is 32.6 Å². The van der Waals surface area contributed by atoms with Crippen LogP contribution < -0.4 is 5.32 Å². The summed E-state index contributed by atoms with van der Waals surface area (Å²) in [6, 6.07) is 0. The number of amides is 1. The Morgan fingerprint density at radius 2 is 2.25 bits per heavy atom. The number of nitrogens with one attached hydrogen (secondary N) is 1. The molecule has 2 atom stereocenters. The molecule has 0 aromatic rings. The normalized spacial score (nSPS) is 29.9. The second-order valence-corrected chi connectivity index (χ2v) is 4.89. The predicted octanol–water partition coefficient (Wildman–Crippen LogP) is 1.67. The van der Waals surface area contributed by atoms with E-state index in [0.717, 1.165) is 38.5 Å². The third kappa shape index (κ3) is 3.11. The van der Waals surface area contributed by atoms with Gasteiger partial charge in [0.2, 0.25) is 5.91 Å². The van der Waals surface area contributed by atoms with Gasteiger partial charge in [0, 0.05) is 19.6 Å². The molecule has 0 bridgehead atoms. The summed E-state index contributed by atoms with van der Waals surface area (Å²) in [4.78, 5) is 14.3. The first-order chi connectivity index (χ1) is 7.31. The predicted molar refractivity (Wildman–Crippen MR) is 67.8 cm³/mol. The fourth-order valence-corrected chi connectivity index (χ4v) is 2.72. The molecule has 0 saturated carbocycles. The first-order valence-corrected chi connectivity index (χ1v) is 6.30. The maximum atomic E-state index is 12.1. The van der Waals surface area contributed by atoms with Crippen LogP contribution in [0.5, 0.6) is 0 Å². The van der Waals surface area contributed by atoms with E-state index in [1.165, 1.54) is 19.3 Å². The van der Waals surface area contributed by atoms with E-state index in [0.29, 0.717) is 5.91 Å². The fraction of sp³-hybridized carbons (Fsp3) is 0.917. The molecule has 0 aromatic heterocycles. The third-order valence-corrected chi connectivity index (χ3v) is 3.82. The van der Waals surface area contributed by atoms with Crippen LogP contribution in [0.4, 0.5) is 0 Å².